The van der Waals surface area contributed by atoms with Crippen LogP contribution in [-0.2, 0) is 24.8 Å². The maximum absolute atomic E-state index is 14.0. The number of hydrogen-bond donors (Lipinski definition) is 1. The minimum atomic E-state index is -4.38. The second-order valence-corrected chi connectivity index (χ2v) is 12.5. The number of carbonyl (C=O) groups is 1. The van der Waals surface area contributed by atoms with E-state index in [4.69, 9.17) is 18.9 Å². The van der Waals surface area contributed by atoms with Gasteiger partial charge >= 0.3 is 0 Å². The Labute approximate surface area is 246 Å². The molecule has 0 spiro atoms. The second-order valence-electron chi connectivity index (χ2n) is 8.73. The first-order valence-corrected chi connectivity index (χ1v) is 15.7. The fourth-order valence-corrected chi connectivity index (χ4v) is 7.05. The quantitative estimate of drug-likeness (QED) is 0.286. The number of ether oxygens (including phenoxy) is 4. The first kappa shape index (κ1) is 32.5. The van der Waals surface area contributed by atoms with Crippen molar-refractivity contribution in [2.45, 2.75) is 23.6 Å². The molecule has 0 aliphatic carbocycles. The molecule has 14 heteroatoms. The normalized spacial score (nSPS) is 11.6. The summed E-state index contributed by atoms with van der Waals surface area (Å²) in [5.41, 5.74) is 0.335. The van der Waals surface area contributed by atoms with Gasteiger partial charge in [-0.25, -0.2) is 16.8 Å². The summed E-state index contributed by atoms with van der Waals surface area (Å²) in [4.78, 5) is 13.2. The fraction of sp³-hybridized carbons (Fsp3) is 0.321. The highest BCUT2D eigenvalue weighted by Crippen LogP contribution is 2.37. The average molecular weight is 622 g/mol. The molecule has 0 aliphatic rings. The van der Waals surface area contributed by atoms with Gasteiger partial charge in [0.05, 0.1) is 43.9 Å². The van der Waals surface area contributed by atoms with Gasteiger partial charge in [0, 0.05) is 30.9 Å². The number of methoxy groups -OCH3 is 4. The Balaban J connectivity index is 2.01. The van der Waals surface area contributed by atoms with E-state index in [-0.39, 0.29) is 32.7 Å². The Morgan fingerprint density at radius 3 is 1.81 bits per heavy atom. The monoisotopic (exact) mass is 621 g/mol. The molecule has 0 saturated heterocycles. The number of anilines is 2. The second kappa shape index (κ2) is 13.8. The van der Waals surface area contributed by atoms with Crippen molar-refractivity contribution in [3.63, 3.8) is 0 Å². The maximum atomic E-state index is 14.0. The third-order valence-corrected chi connectivity index (χ3v) is 10.2. The predicted octanol–water partition coefficient (Wildman–Crippen LogP) is 3.59. The highest BCUT2D eigenvalue weighted by molar-refractivity contribution is 7.93. The van der Waals surface area contributed by atoms with Crippen LogP contribution < -0.4 is 28.6 Å². The van der Waals surface area contributed by atoms with Gasteiger partial charge in [-0.05, 0) is 48.5 Å². The Morgan fingerprint density at radius 1 is 0.690 bits per heavy atom. The van der Waals surface area contributed by atoms with E-state index < -0.39 is 32.5 Å². The molecular formula is C28H35N3O9S2. The van der Waals surface area contributed by atoms with E-state index in [1.54, 1.807) is 19.9 Å². The molecule has 1 N–H and O–H groups in total. The van der Waals surface area contributed by atoms with Gasteiger partial charge in [-0.15, -0.1) is 0 Å². The van der Waals surface area contributed by atoms with Crippen molar-refractivity contribution in [1.29, 1.82) is 0 Å². The molecule has 0 bridgehead atoms. The Morgan fingerprint density at radius 2 is 1.26 bits per heavy atom. The Kier molecular flexibility index (Phi) is 10.7. The van der Waals surface area contributed by atoms with E-state index >= 15 is 0 Å². The van der Waals surface area contributed by atoms with Crippen molar-refractivity contribution in [3.8, 4) is 23.0 Å². The van der Waals surface area contributed by atoms with Crippen LogP contribution in [0.3, 0.4) is 0 Å². The zero-order valence-electron chi connectivity index (χ0n) is 24.3. The number of hydrogen-bond acceptors (Lipinski definition) is 9. The van der Waals surface area contributed by atoms with Crippen LogP contribution in [0.4, 0.5) is 11.4 Å². The zero-order chi connectivity index (χ0) is 31.1. The van der Waals surface area contributed by atoms with Crippen LogP contribution in [-0.4, -0.2) is 75.1 Å². The number of benzene rings is 3. The van der Waals surface area contributed by atoms with Gasteiger partial charge in [0.15, 0.2) is 11.5 Å². The lowest BCUT2D eigenvalue weighted by Crippen LogP contribution is -2.38. The summed E-state index contributed by atoms with van der Waals surface area (Å²) in [6, 6.07) is 14.3. The lowest BCUT2D eigenvalue weighted by Gasteiger charge is -2.26. The molecule has 42 heavy (non-hydrogen) atoms. The van der Waals surface area contributed by atoms with E-state index in [1.807, 2.05) is 0 Å². The summed E-state index contributed by atoms with van der Waals surface area (Å²) in [6.45, 7) is 3.47. The highest BCUT2D eigenvalue weighted by atomic mass is 32.2. The van der Waals surface area contributed by atoms with Crippen molar-refractivity contribution in [2.75, 3.05) is 57.7 Å². The molecule has 0 aliphatic heterocycles. The number of nitrogens with one attached hydrogen (secondary N) is 1. The van der Waals surface area contributed by atoms with Crippen LogP contribution in [0.2, 0.25) is 0 Å². The molecular weight excluding hydrogens is 586 g/mol. The predicted molar refractivity (Wildman–Crippen MR) is 159 cm³/mol. The van der Waals surface area contributed by atoms with Crippen LogP contribution in [0.1, 0.15) is 13.8 Å². The molecule has 0 atom stereocenters. The van der Waals surface area contributed by atoms with E-state index in [1.165, 1.54) is 87.3 Å². The zero-order valence-corrected chi connectivity index (χ0v) is 25.9. The van der Waals surface area contributed by atoms with Crippen molar-refractivity contribution >= 4 is 37.3 Å². The molecule has 0 unspecified atom stereocenters. The third kappa shape index (κ3) is 6.89. The molecule has 3 aromatic rings. The maximum Gasteiger partial charge on any atom is 0.265 e. The molecule has 12 nitrogen and oxygen atoms in total. The molecule has 0 fully saturated rings. The van der Waals surface area contributed by atoms with Crippen LogP contribution in [0.5, 0.6) is 23.0 Å². The molecule has 3 rings (SSSR count). The number of rotatable bonds is 14. The summed E-state index contributed by atoms with van der Waals surface area (Å²) < 4.78 is 77.1. The van der Waals surface area contributed by atoms with E-state index in [2.05, 4.69) is 5.32 Å². The van der Waals surface area contributed by atoms with Gasteiger partial charge in [0.25, 0.3) is 10.0 Å². The number of nitrogens with zero attached hydrogens (tertiary/aromatic N) is 2. The molecule has 0 aromatic heterocycles. The molecule has 3 aromatic carbocycles. The van der Waals surface area contributed by atoms with Crippen molar-refractivity contribution in [3.05, 3.63) is 60.7 Å². The van der Waals surface area contributed by atoms with Crippen molar-refractivity contribution in [1.82, 2.24) is 4.31 Å². The van der Waals surface area contributed by atoms with Gasteiger partial charge in [0.1, 0.15) is 18.0 Å². The number of sulfonamides is 2. The summed E-state index contributed by atoms with van der Waals surface area (Å²) in [6.07, 6.45) is 0. The summed E-state index contributed by atoms with van der Waals surface area (Å²) in [7, 11) is -2.46. The van der Waals surface area contributed by atoms with Crippen LogP contribution in [0.25, 0.3) is 0 Å². The van der Waals surface area contributed by atoms with Crippen LogP contribution in [0.15, 0.2) is 70.5 Å². The highest BCUT2D eigenvalue weighted by Gasteiger charge is 2.31. The largest absolute Gasteiger partial charge is 0.497 e. The van der Waals surface area contributed by atoms with Gasteiger partial charge < -0.3 is 24.3 Å². The summed E-state index contributed by atoms with van der Waals surface area (Å²) in [5, 5.41) is 2.64. The lowest BCUT2D eigenvalue weighted by molar-refractivity contribution is -0.114. The first-order valence-electron chi connectivity index (χ1n) is 12.8. The average Bonchev–Trinajstić information content (AvgIpc) is 2.99. The molecule has 0 saturated carbocycles. The minimum Gasteiger partial charge on any atom is -0.497 e. The molecule has 1 amide bonds. The first-order chi connectivity index (χ1) is 20.0. The summed E-state index contributed by atoms with van der Waals surface area (Å²) in [5.74, 6) is 0.331. The minimum absolute atomic E-state index is 0.0578. The fourth-order valence-electron chi connectivity index (χ4n) is 4.15. The van der Waals surface area contributed by atoms with Crippen molar-refractivity contribution in [2.24, 2.45) is 0 Å². The molecule has 228 valence electrons. The Hall–Kier alpha value is -4.01. The van der Waals surface area contributed by atoms with E-state index in [9.17, 15) is 21.6 Å². The van der Waals surface area contributed by atoms with Gasteiger partial charge in [-0.2, -0.15) is 4.31 Å². The van der Waals surface area contributed by atoms with Gasteiger partial charge in [-0.1, -0.05) is 13.8 Å². The SMILES string of the molecule is CCN(CC)S(=O)(=O)c1ccc(NC(=O)CN(c2cc(OC)ccc2OC)S(=O)(=O)c2ccc(OC)c(OC)c2)cc1. The van der Waals surface area contributed by atoms with E-state index in [0.717, 1.165) is 4.31 Å². The molecule has 0 heterocycles. The van der Waals surface area contributed by atoms with Crippen molar-refractivity contribution < 1.29 is 40.6 Å². The standard InChI is InChI=1S/C28H35N3O9S2/c1-7-30(8-2)41(33,34)22-12-9-20(10-13-22)29-28(32)19-31(24-17-21(37-3)11-15-25(24)38-4)42(35,36)23-14-16-26(39-5)27(18-23)40-6/h9-18H,7-8,19H2,1-6H3,(H,29,32). The lowest BCUT2D eigenvalue weighted by atomic mass is 10.2. The van der Waals surface area contributed by atoms with Gasteiger partial charge in [0.2, 0.25) is 15.9 Å². The summed E-state index contributed by atoms with van der Waals surface area (Å²) >= 11 is 0. The number of carbonyl (C=O) groups excluding carboxylic acids is 1. The third-order valence-electron chi connectivity index (χ3n) is 6.37. The Bertz CT molecular complexity index is 1610. The van der Waals surface area contributed by atoms with Gasteiger partial charge in [-0.3, -0.25) is 9.10 Å². The van der Waals surface area contributed by atoms with E-state index in [0.29, 0.717) is 24.6 Å². The van der Waals surface area contributed by atoms with Crippen LogP contribution >= 0.6 is 0 Å². The molecule has 0 radical (unpaired) electrons. The smallest absolute Gasteiger partial charge is 0.265 e. The topological polar surface area (TPSA) is 141 Å². The number of amides is 1. The van der Waals surface area contributed by atoms with Crippen LogP contribution in [0, 0.1) is 0 Å².